The predicted molar refractivity (Wildman–Crippen MR) is 54.6 cm³/mol. The fourth-order valence-electron chi connectivity index (χ4n) is 0.496. The lowest BCUT2D eigenvalue weighted by atomic mass is 11.9. The van der Waals surface area contributed by atoms with Crippen molar-refractivity contribution in [3.63, 3.8) is 0 Å². The minimum absolute atomic E-state index is 0.848. The van der Waals surface area contributed by atoms with Crippen LogP contribution in [0.25, 0.3) is 0 Å². The van der Waals surface area contributed by atoms with Gasteiger partial charge in [0, 0.05) is 0 Å². The molecule has 2 nitrogen and oxygen atoms in total. The lowest BCUT2D eigenvalue weighted by Gasteiger charge is -2.20. The van der Waals surface area contributed by atoms with Crippen molar-refractivity contribution in [1.82, 2.24) is 0 Å². The molecule has 2 radical (unpaired) electrons. The molecule has 0 heterocycles. The molecule has 66 valence electrons. The SMILES string of the molecule is C[Si](C)O[Si](Cl)(Cl)O[Si](C)C. The summed E-state index contributed by atoms with van der Waals surface area (Å²) in [5.74, 6) is 0. The van der Waals surface area contributed by atoms with E-state index in [0.29, 0.717) is 0 Å². The van der Waals surface area contributed by atoms with Crippen LogP contribution in [0.1, 0.15) is 0 Å². The minimum atomic E-state index is -2.79. The van der Waals surface area contributed by atoms with Gasteiger partial charge in [0.05, 0.1) is 0 Å². The highest BCUT2D eigenvalue weighted by molar-refractivity contribution is 7.41. The molecule has 0 aliphatic carbocycles. The summed E-state index contributed by atoms with van der Waals surface area (Å²) in [4.78, 5) is 0. The first kappa shape index (κ1) is 12.2. The van der Waals surface area contributed by atoms with E-state index in [1.807, 2.05) is 26.2 Å². The van der Waals surface area contributed by atoms with Gasteiger partial charge in [-0.3, -0.25) is 0 Å². The Balaban J connectivity index is 3.79. The Bertz CT molecular complexity index is 108. The molecule has 0 spiro atoms. The van der Waals surface area contributed by atoms with Crippen molar-refractivity contribution in [1.29, 1.82) is 0 Å². The maximum absolute atomic E-state index is 5.84. The molecule has 0 N–H and O–H groups in total. The van der Waals surface area contributed by atoms with Crippen molar-refractivity contribution in [3.8, 4) is 0 Å². The maximum atomic E-state index is 5.84. The molecule has 0 atom stereocenters. The van der Waals surface area contributed by atoms with Crippen LogP contribution in [-0.4, -0.2) is 25.3 Å². The molecule has 0 saturated carbocycles. The van der Waals surface area contributed by atoms with E-state index in [2.05, 4.69) is 0 Å². The van der Waals surface area contributed by atoms with Crippen LogP contribution in [0.15, 0.2) is 0 Å². The lowest BCUT2D eigenvalue weighted by molar-refractivity contribution is 0.454. The van der Waals surface area contributed by atoms with Crippen molar-refractivity contribution in [2.75, 3.05) is 0 Å². The van der Waals surface area contributed by atoms with Gasteiger partial charge in [0.2, 0.25) is 0 Å². The molecule has 0 rings (SSSR count). The van der Waals surface area contributed by atoms with Crippen molar-refractivity contribution >= 4 is 47.4 Å². The van der Waals surface area contributed by atoms with Crippen molar-refractivity contribution in [2.45, 2.75) is 26.2 Å². The van der Waals surface area contributed by atoms with Crippen molar-refractivity contribution < 1.29 is 8.23 Å². The second-order valence-corrected chi connectivity index (χ2v) is 12.2. The Morgan fingerprint density at radius 3 is 1.36 bits per heavy atom. The first-order valence-corrected chi connectivity index (χ1v) is 11.9. The average molecular weight is 247 g/mol. The quantitative estimate of drug-likeness (QED) is 0.561. The van der Waals surface area contributed by atoms with Gasteiger partial charge in [-0.05, 0) is 26.2 Å². The molecule has 0 aromatic rings. The Hall–Kier alpha value is 1.15. The molecule has 7 heteroatoms. The van der Waals surface area contributed by atoms with Crippen LogP contribution in [0.4, 0.5) is 0 Å². The normalized spacial score (nSPS) is 13.1. The summed E-state index contributed by atoms with van der Waals surface area (Å²) in [6.45, 7) is 7.94. The van der Waals surface area contributed by atoms with E-state index >= 15 is 0 Å². The van der Waals surface area contributed by atoms with Gasteiger partial charge in [-0.25, -0.2) is 0 Å². The monoisotopic (exact) mass is 246 g/mol. The van der Waals surface area contributed by atoms with E-state index in [4.69, 9.17) is 30.4 Å². The van der Waals surface area contributed by atoms with E-state index < -0.39 is 25.3 Å². The lowest BCUT2D eigenvalue weighted by Crippen LogP contribution is -2.37. The fourth-order valence-corrected chi connectivity index (χ4v) is 10.4. The zero-order chi connectivity index (χ0) is 9.07. The van der Waals surface area contributed by atoms with Gasteiger partial charge < -0.3 is 8.23 Å². The second kappa shape index (κ2) is 5.01. The predicted octanol–water partition coefficient (Wildman–Crippen LogP) is 2.44. The molecule has 0 amide bonds. The van der Waals surface area contributed by atoms with Crippen LogP contribution < -0.4 is 0 Å². The van der Waals surface area contributed by atoms with Crippen LogP contribution >= 0.6 is 22.2 Å². The molecule has 0 aliphatic rings. The molecule has 0 saturated heterocycles. The molecule has 0 aliphatic heterocycles. The Morgan fingerprint density at radius 1 is 0.909 bits per heavy atom. The van der Waals surface area contributed by atoms with Gasteiger partial charge in [-0.15, -0.1) is 0 Å². The minimum Gasteiger partial charge on any atom is -0.414 e. The van der Waals surface area contributed by atoms with Crippen LogP contribution in [0, 0.1) is 0 Å². The Kier molecular flexibility index (Phi) is 5.53. The molecular formula is C4H12Cl2O2Si3. The third-order valence-corrected chi connectivity index (χ3v) is 8.59. The first-order chi connectivity index (χ1) is 4.83. The van der Waals surface area contributed by atoms with Crippen molar-refractivity contribution in [3.05, 3.63) is 0 Å². The summed E-state index contributed by atoms with van der Waals surface area (Å²) in [6.07, 6.45) is 0. The standard InChI is InChI=1S/C4H12Cl2O2Si3/c1-9(2)7-11(5,6)8-10(3)4/h1-4H3. The van der Waals surface area contributed by atoms with Gasteiger partial charge in [-0.1, -0.05) is 22.2 Å². The zero-order valence-corrected chi connectivity index (χ0v) is 11.6. The van der Waals surface area contributed by atoms with E-state index in [0.717, 1.165) is 0 Å². The van der Waals surface area contributed by atoms with Gasteiger partial charge in [0.1, 0.15) is 0 Å². The smallest absolute Gasteiger partial charge is 0.414 e. The largest absolute Gasteiger partial charge is 0.530 e. The summed E-state index contributed by atoms with van der Waals surface area (Å²) < 4.78 is 10.6. The molecule has 11 heavy (non-hydrogen) atoms. The van der Waals surface area contributed by atoms with Gasteiger partial charge >= 0.3 is 7.18 Å². The second-order valence-electron chi connectivity index (χ2n) is 2.48. The Morgan fingerprint density at radius 2 is 1.18 bits per heavy atom. The third-order valence-electron chi connectivity index (χ3n) is 0.646. The number of rotatable bonds is 4. The first-order valence-electron chi connectivity index (χ1n) is 3.19. The Labute approximate surface area is 81.9 Å². The van der Waals surface area contributed by atoms with E-state index in [9.17, 15) is 0 Å². The zero-order valence-electron chi connectivity index (χ0n) is 7.07. The molecule has 0 bridgehead atoms. The maximum Gasteiger partial charge on any atom is 0.530 e. The summed E-state index contributed by atoms with van der Waals surface area (Å²) in [5, 5.41) is 0. The van der Waals surface area contributed by atoms with Gasteiger partial charge in [0.15, 0.2) is 18.1 Å². The highest BCUT2D eigenvalue weighted by atomic mass is 35.7. The van der Waals surface area contributed by atoms with Crippen molar-refractivity contribution in [2.24, 2.45) is 0 Å². The highest BCUT2D eigenvalue weighted by Crippen LogP contribution is 2.20. The molecule has 0 fully saturated rings. The molecule has 0 aromatic heterocycles. The molecule has 0 unspecified atom stereocenters. The topological polar surface area (TPSA) is 18.5 Å². The average Bonchev–Trinajstić information content (AvgIpc) is 1.53. The number of hydrogen-bond acceptors (Lipinski definition) is 2. The van der Waals surface area contributed by atoms with Crippen LogP contribution in [-0.2, 0) is 8.23 Å². The van der Waals surface area contributed by atoms with Gasteiger partial charge in [-0.2, -0.15) is 0 Å². The summed E-state index contributed by atoms with van der Waals surface area (Å²) >= 11 is 11.7. The summed E-state index contributed by atoms with van der Waals surface area (Å²) in [7, 11) is -4.49. The van der Waals surface area contributed by atoms with Crippen LogP contribution in [0.5, 0.6) is 0 Å². The summed E-state index contributed by atoms with van der Waals surface area (Å²) in [5.41, 5.74) is 0. The number of halogens is 2. The van der Waals surface area contributed by atoms with E-state index in [-0.39, 0.29) is 0 Å². The fraction of sp³-hybridized carbons (Fsp3) is 1.00. The number of hydrogen-bond donors (Lipinski definition) is 0. The van der Waals surface area contributed by atoms with Crippen LogP contribution in [0.2, 0.25) is 26.2 Å². The molecule has 0 aromatic carbocycles. The highest BCUT2D eigenvalue weighted by Gasteiger charge is 2.35. The molecular weight excluding hydrogens is 235 g/mol. The van der Waals surface area contributed by atoms with E-state index in [1.165, 1.54) is 0 Å². The van der Waals surface area contributed by atoms with Crippen LogP contribution in [0.3, 0.4) is 0 Å². The van der Waals surface area contributed by atoms with E-state index in [1.54, 1.807) is 0 Å². The third kappa shape index (κ3) is 7.51. The summed E-state index contributed by atoms with van der Waals surface area (Å²) in [6, 6.07) is 0. The van der Waals surface area contributed by atoms with Gasteiger partial charge in [0.25, 0.3) is 0 Å².